The predicted octanol–water partition coefficient (Wildman–Crippen LogP) is 9.24. The first-order chi connectivity index (χ1) is 17.2. The summed E-state index contributed by atoms with van der Waals surface area (Å²) >= 11 is 1.06. The van der Waals surface area contributed by atoms with E-state index in [1.54, 1.807) is 0 Å². The van der Waals surface area contributed by atoms with Crippen LogP contribution in [0.4, 0.5) is 0 Å². The molecule has 0 spiro atoms. The Hall–Kier alpha value is 0.264. The molecule has 215 valence electrons. The second kappa shape index (κ2) is 51.0. The number of hydrogen-bond acceptors (Lipinski definition) is 4. The average Bonchev–Trinajstić information content (AvgIpc) is 2.89. The van der Waals surface area contributed by atoms with Crippen molar-refractivity contribution in [3.05, 3.63) is 0 Å². The van der Waals surface area contributed by atoms with Crippen LogP contribution >= 0.6 is 0 Å². The molecule has 0 unspecified atom stereocenters. The van der Waals surface area contributed by atoms with E-state index in [1.165, 1.54) is 135 Å². The van der Waals surface area contributed by atoms with Gasteiger partial charge in [-0.1, -0.05) is 156 Å². The molecular weight excluding hydrogens is 475 g/mol. The second-order valence-electron chi connectivity index (χ2n) is 9.60. The summed E-state index contributed by atoms with van der Waals surface area (Å²) in [7, 11) is 0. The van der Waals surface area contributed by atoms with Crippen LogP contribution in [-0.2, 0) is 21.0 Å². The van der Waals surface area contributed by atoms with Crippen LogP contribution in [0, 0.1) is 0 Å². The van der Waals surface area contributed by atoms with Crippen molar-refractivity contribution in [3.8, 4) is 0 Å². The van der Waals surface area contributed by atoms with Crippen LogP contribution in [0.25, 0.3) is 0 Å². The second-order valence-corrected chi connectivity index (χ2v) is 9.60. The van der Waals surface area contributed by atoms with Crippen LogP contribution in [0.3, 0.4) is 0 Å². The first-order valence-electron chi connectivity index (χ1n) is 15.3. The van der Waals surface area contributed by atoms with Gasteiger partial charge in [0.15, 0.2) is 0 Å². The molecular formula is C30H66O4V. The van der Waals surface area contributed by atoms with Crippen LogP contribution in [0.2, 0.25) is 0 Å². The van der Waals surface area contributed by atoms with Gasteiger partial charge in [-0.2, -0.15) is 0 Å². The molecule has 3 N–H and O–H groups in total. The fraction of sp³-hybridized carbons (Fsp3) is 1.00. The summed E-state index contributed by atoms with van der Waals surface area (Å²) < 4.78 is 8.19. The van der Waals surface area contributed by atoms with Gasteiger partial charge in [0.1, 0.15) is 0 Å². The fourth-order valence-corrected chi connectivity index (χ4v) is 3.74. The Balaban J connectivity index is -0.000000198. The summed E-state index contributed by atoms with van der Waals surface area (Å²) in [5.74, 6) is 0. The van der Waals surface area contributed by atoms with E-state index in [-0.39, 0.29) is 0 Å². The molecule has 0 rings (SSSR count). The van der Waals surface area contributed by atoms with E-state index in [9.17, 15) is 0 Å². The number of aliphatic hydroxyl groups excluding tert-OH is 3. The van der Waals surface area contributed by atoms with E-state index >= 15 is 0 Å². The minimum atomic E-state index is 0.370. The fourth-order valence-electron chi connectivity index (χ4n) is 3.74. The summed E-state index contributed by atoms with van der Waals surface area (Å²) in [5, 5.41) is 25.5. The zero-order valence-electron chi connectivity index (χ0n) is 24.3. The molecule has 0 atom stereocenters. The van der Waals surface area contributed by atoms with Crippen LogP contribution < -0.4 is 0 Å². The Morgan fingerprint density at radius 2 is 0.457 bits per heavy atom. The molecule has 0 fully saturated rings. The van der Waals surface area contributed by atoms with E-state index < -0.39 is 0 Å². The Labute approximate surface area is 230 Å². The van der Waals surface area contributed by atoms with E-state index in [1.807, 2.05) is 0 Å². The van der Waals surface area contributed by atoms with Gasteiger partial charge in [0, 0.05) is 19.8 Å². The molecule has 0 saturated heterocycles. The van der Waals surface area contributed by atoms with Crippen molar-refractivity contribution < 1.29 is 36.4 Å². The molecule has 0 saturated carbocycles. The monoisotopic (exact) mass is 541 g/mol. The molecule has 0 heterocycles. The quantitative estimate of drug-likeness (QED) is 0.106. The first-order valence-corrected chi connectivity index (χ1v) is 15.8. The number of aliphatic hydroxyl groups is 3. The maximum absolute atomic E-state index is 8.51. The third-order valence-corrected chi connectivity index (χ3v) is 6.04. The summed E-state index contributed by atoms with van der Waals surface area (Å²) in [6.07, 6.45) is 31.1. The van der Waals surface area contributed by atoms with E-state index in [0.29, 0.717) is 19.8 Å². The van der Waals surface area contributed by atoms with E-state index in [4.69, 9.17) is 19.0 Å². The van der Waals surface area contributed by atoms with Gasteiger partial charge >= 0.3 is 21.0 Å². The molecule has 0 bridgehead atoms. The standard InChI is InChI=1S/3C10H22O.O.V/c3*1-2-3-4-5-6-7-8-9-10-11;;/h3*11H,2-10H2,1H3;;. The van der Waals surface area contributed by atoms with E-state index in [0.717, 1.165) is 36.6 Å². The van der Waals surface area contributed by atoms with Crippen molar-refractivity contribution >= 4 is 0 Å². The van der Waals surface area contributed by atoms with Crippen LogP contribution in [0.5, 0.6) is 0 Å². The molecule has 4 nitrogen and oxygen atoms in total. The Kier molecular flexibility index (Phi) is 61.7. The normalized spacial score (nSPS) is 9.86. The third-order valence-electron chi connectivity index (χ3n) is 6.04. The topological polar surface area (TPSA) is 77.8 Å². The number of hydrogen-bond donors (Lipinski definition) is 3. The molecule has 5 heteroatoms. The SMILES string of the molecule is CCCCCCCCCCO.CCCCCCCCCCO.CCCCCCCCCCO.[O]=[V]. The summed E-state index contributed by atoms with van der Waals surface area (Å²) in [6, 6.07) is 0. The van der Waals surface area contributed by atoms with Gasteiger partial charge in [0.25, 0.3) is 0 Å². The van der Waals surface area contributed by atoms with Gasteiger partial charge < -0.3 is 15.3 Å². The van der Waals surface area contributed by atoms with Crippen molar-refractivity contribution in [3.63, 3.8) is 0 Å². The molecule has 0 aliphatic carbocycles. The Morgan fingerprint density at radius 1 is 0.314 bits per heavy atom. The van der Waals surface area contributed by atoms with Crippen molar-refractivity contribution in [2.75, 3.05) is 19.8 Å². The van der Waals surface area contributed by atoms with Gasteiger partial charge in [0.2, 0.25) is 0 Å². The summed E-state index contributed by atoms with van der Waals surface area (Å²) in [6.45, 7) is 7.84. The van der Waals surface area contributed by atoms with Crippen molar-refractivity contribution in [1.82, 2.24) is 0 Å². The van der Waals surface area contributed by atoms with Crippen molar-refractivity contribution in [2.45, 2.75) is 175 Å². The van der Waals surface area contributed by atoms with Crippen LogP contribution in [-0.4, -0.2) is 35.1 Å². The van der Waals surface area contributed by atoms with E-state index in [2.05, 4.69) is 20.8 Å². The van der Waals surface area contributed by atoms with Crippen molar-refractivity contribution in [1.29, 1.82) is 0 Å². The third kappa shape index (κ3) is 60.6. The van der Waals surface area contributed by atoms with Crippen LogP contribution in [0.15, 0.2) is 0 Å². The Bertz CT molecular complexity index is 227. The summed E-state index contributed by atoms with van der Waals surface area (Å²) in [4.78, 5) is 0. The minimum absolute atomic E-state index is 0.370. The molecule has 0 aromatic heterocycles. The molecule has 35 heavy (non-hydrogen) atoms. The number of rotatable bonds is 24. The zero-order valence-corrected chi connectivity index (χ0v) is 25.7. The van der Waals surface area contributed by atoms with Gasteiger partial charge in [-0.15, -0.1) is 0 Å². The van der Waals surface area contributed by atoms with Gasteiger partial charge in [0.05, 0.1) is 0 Å². The van der Waals surface area contributed by atoms with Gasteiger partial charge in [-0.25, -0.2) is 0 Å². The van der Waals surface area contributed by atoms with Crippen molar-refractivity contribution in [2.24, 2.45) is 0 Å². The number of unbranched alkanes of at least 4 members (excludes halogenated alkanes) is 21. The summed E-state index contributed by atoms with van der Waals surface area (Å²) in [5.41, 5.74) is 0. The Morgan fingerprint density at radius 3 is 0.600 bits per heavy atom. The molecule has 0 radical (unpaired) electrons. The predicted molar refractivity (Wildman–Crippen MR) is 150 cm³/mol. The molecule has 0 amide bonds. The van der Waals surface area contributed by atoms with Gasteiger partial charge in [-0.05, 0) is 19.3 Å². The molecule has 0 aromatic rings. The maximum atomic E-state index is 8.51. The first kappa shape index (κ1) is 42.4. The molecule has 0 aromatic carbocycles. The van der Waals surface area contributed by atoms with Gasteiger partial charge in [-0.3, -0.25) is 0 Å². The molecule has 0 aliphatic heterocycles. The zero-order chi connectivity index (χ0) is 27.1. The van der Waals surface area contributed by atoms with Crippen LogP contribution in [0.1, 0.15) is 175 Å². The molecule has 0 aliphatic rings. The average molecular weight is 542 g/mol.